The molecule has 1 heteroatoms. The molecular formula is C19H33N. The topological polar surface area (TPSA) is 12.0 Å². The molecule has 2 atom stereocenters. The number of rotatable bonds is 10. The van der Waals surface area contributed by atoms with E-state index in [0.717, 1.165) is 25.3 Å². The largest absolute Gasteiger partial charge is 0.310 e. The lowest BCUT2D eigenvalue weighted by molar-refractivity contribution is 0.386. The van der Waals surface area contributed by atoms with Crippen molar-refractivity contribution in [3.63, 3.8) is 0 Å². The number of nitrogens with one attached hydrogen (secondary N) is 1. The molecule has 0 saturated carbocycles. The van der Waals surface area contributed by atoms with Gasteiger partial charge < -0.3 is 5.32 Å². The predicted molar refractivity (Wildman–Crippen MR) is 90.2 cm³/mol. The molecule has 1 rings (SSSR count). The molecule has 0 heterocycles. The zero-order valence-electron chi connectivity index (χ0n) is 13.9. The summed E-state index contributed by atoms with van der Waals surface area (Å²) in [5, 5.41) is 3.78. The Kier molecular flexibility index (Phi) is 8.60. The van der Waals surface area contributed by atoms with E-state index in [1.165, 1.54) is 36.8 Å². The van der Waals surface area contributed by atoms with Crippen LogP contribution in [0.5, 0.6) is 0 Å². The highest BCUT2D eigenvalue weighted by molar-refractivity contribution is 5.25. The molecule has 0 aliphatic carbocycles. The lowest BCUT2D eigenvalue weighted by Gasteiger charge is -2.22. The molecule has 0 aliphatic heterocycles. The normalized spacial score (nSPS) is 14.2. The summed E-state index contributed by atoms with van der Waals surface area (Å²) >= 11 is 0. The van der Waals surface area contributed by atoms with Crippen LogP contribution in [0.4, 0.5) is 0 Å². The average Bonchev–Trinajstić information content (AvgIpc) is 2.51. The van der Waals surface area contributed by atoms with E-state index < -0.39 is 0 Å². The molecule has 0 bridgehead atoms. The Hall–Kier alpha value is -0.820. The summed E-state index contributed by atoms with van der Waals surface area (Å²) < 4.78 is 0. The molecular weight excluding hydrogens is 242 g/mol. The molecule has 20 heavy (non-hydrogen) atoms. The van der Waals surface area contributed by atoms with Crippen LogP contribution in [0, 0.1) is 5.92 Å². The van der Waals surface area contributed by atoms with Gasteiger partial charge in [-0.15, -0.1) is 0 Å². The van der Waals surface area contributed by atoms with Gasteiger partial charge in [-0.05, 0) is 42.9 Å². The lowest BCUT2D eigenvalue weighted by Crippen LogP contribution is -2.27. The maximum Gasteiger partial charge on any atom is 0.0317 e. The number of unbranched alkanes of at least 4 members (excludes halogenated alkanes) is 1. The molecule has 0 fully saturated rings. The summed E-state index contributed by atoms with van der Waals surface area (Å²) in [5.41, 5.74) is 2.87. The number of aryl methyl sites for hydroxylation is 1. The first kappa shape index (κ1) is 17.2. The summed E-state index contributed by atoms with van der Waals surface area (Å²) in [7, 11) is 0. The van der Waals surface area contributed by atoms with Crippen LogP contribution in [0.25, 0.3) is 0 Å². The van der Waals surface area contributed by atoms with Crippen molar-refractivity contribution in [2.45, 2.75) is 72.3 Å². The van der Waals surface area contributed by atoms with Gasteiger partial charge in [-0.3, -0.25) is 0 Å². The Morgan fingerprint density at radius 1 is 0.950 bits per heavy atom. The second-order valence-electron chi connectivity index (χ2n) is 5.88. The van der Waals surface area contributed by atoms with Crippen molar-refractivity contribution in [3.05, 3.63) is 35.4 Å². The molecule has 1 aromatic carbocycles. The van der Waals surface area contributed by atoms with E-state index in [1.54, 1.807) is 0 Å². The van der Waals surface area contributed by atoms with E-state index in [0.29, 0.717) is 6.04 Å². The molecule has 114 valence electrons. The standard InChI is InChI=1S/C19H33N/c1-5-9-10-17(7-3)15-20-19(8-4)18-13-11-16(6-2)12-14-18/h11-14,17,19-20H,5-10,15H2,1-4H3. The van der Waals surface area contributed by atoms with Gasteiger partial charge in [0.1, 0.15) is 0 Å². The van der Waals surface area contributed by atoms with Crippen LogP contribution < -0.4 is 5.32 Å². The SMILES string of the molecule is CCCCC(CC)CNC(CC)c1ccc(CC)cc1. The van der Waals surface area contributed by atoms with E-state index in [4.69, 9.17) is 0 Å². The Bertz CT molecular complexity index is 341. The van der Waals surface area contributed by atoms with Crippen molar-refractivity contribution in [1.82, 2.24) is 5.32 Å². The van der Waals surface area contributed by atoms with Crippen LogP contribution in [0.1, 0.15) is 77.0 Å². The first-order valence-electron chi connectivity index (χ1n) is 8.57. The van der Waals surface area contributed by atoms with Gasteiger partial charge in [-0.25, -0.2) is 0 Å². The van der Waals surface area contributed by atoms with Crippen molar-refractivity contribution in [1.29, 1.82) is 0 Å². The number of benzene rings is 1. The highest BCUT2D eigenvalue weighted by Crippen LogP contribution is 2.19. The van der Waals surface area contributed by atoms with Gasteiger partial charge in [0.05, 0.1) is 0 Å². The molecule has 1 N–H and O–H groups in total. The molecule has 0 aliphatic rings. The van der Waals surface area contributed by atoms with Gasteiger partial charge in [0.25, 0.3) is 0 Å². The summed E-state index contributed by atoms with van der Waals surface area (Å²) in [5.74, 6) is 0.832. The fourth-order valence-corrected chi connectivity index (χ4v) is 2.74. The van der Waals surface area contributed by atoms with Gasteiger partial charge in [0, 0.05) is 6.04 Å². The third-order valence-corrected chi connectivity index (χ3v) is 4.39. The zero-order valence-corrected chi connectivity index (χ0v) is 13.9. The van der Waals surface area contributed by atoms with Gasteiger partial charge in [0.15, 0.2) is 0 Å². The van der Waals surface area contributed by atoms with Crippen LogP contribution in [0.15, 0.2) is 24.3 Å². The van der Waals surface area contributed by atoms with Crippen molar-refractivity contribution in [3.8, 4) is 0 Å². The summed E-state index contributed by atoms with van der Waals surface area (Å²) in [6.45, 7) is 10.2. The van der Waals surface area contributed by atoms with Crippen LogP contribution in [0.2, 0.25) is 0 Å². The van der Waals surface area contributed by atoms with Crippen molar-refractivity contribution in [2.75, 3.05) is 6.54 Å². The van der Waals surface area contributed by atoms with Gasteiger partial charge in [0.2, 0.25) is 0 Å². The van der Waals surface area contributed by atoms with Crippen LogP contribution in [-0.4, -0.2) is 6.54 Å². The Morgan fingerprint density at radius 2 is 1.65 bits per heavy atom. The fourth-order valence-electron chi connectivity index (χ4n) is 2.74. The van der Waals surface area contributed by atoms with Crippen LogP contribution in [-0.2, 0) is 6.42 Å². The first-order valence-corrected chi connectivity index (χ1v) is 8.57. The molecule has 0 aromatic heterocycles. The Morgan fingerprint density at radius 3 is 2.15 bits per heavy atom. The lowest BCUT2D eigenvalue weighted by atomic mass is 9.97. The van der Waals surface area contributed by atoms with Crippen molar-refractivity contribution < 1.29 is 0 Å². The maximum atomic E-state index is 3.78. The van der Waals surface area contributed by atoms with E-state index >= 15 is 0 Å². The minimum atomic E-state index is 0.511. The molecule has 0 saturated heterocycles. The quantitative estimate of drug-likeness (QED) is 0.594. The van der Waals surface area contributed by atoms with Gasteiger partial charge in [-0.2, -0.15) is 0 Å². The zero-order chi connectivity index (χ0) is 14.8. The van der Waals surface area contributed by atoms with Gasteiger partial charge in [-0.1, -0.05) is 71.2 Å². The highest BCUT2D eigenvalue weighted by Gasteiger charge is 2.12. The summed E-state index contributed by atoms with van der Waals surface area (Å²) in [6.07, 6.45) is 7.62. The number of hydrogen-bond acceptors (Lipinski definition) is 1. The van der Waals surface area contributed by atoms with Crippen molar-refractivity contribution >= 4 is 0 Å². The minimum Gasteiger partial charge on any atom is -0.310 e. The third kappa shape index (κ3) is 5.66. The van der Waals surface area contributed by atoms with E-state index in [9.17, 15) is 0 Å². The predicted octanol–water partition coefficient (Wildman–Crippen LogP) is 5.51. The molecule has 2 unspecified atom stereocenters. The van der Waals surface area contributed by atoms with Crippen LogP contribution in [0.3, 0.4) is 0 Å². The number of hydrogen-bond donors (Lipinski definition) is 1. The molecule has 1 aromatic rings. The fraction of sp³-hybridized carbons (Fsp3) is 0.684. The summed E-state index contributed by atoms with van der Waals surface area (Å²) in [6, 6.07) is 9.65. The molecule has 0 spiro atoms. The first-order chi connectivity index (χ1) is 9.74. The smallest absolute Gasteiger partial charge is 0.0317 e. The van der Waals surface area contributed by atoms with E-state index in [-0.39, 0.29) is 0 Å². The molecule has 0 amide bonds. The Labute approximate surface area is 126 Å². The monoisotopic (exact) mass is 275 g/mol. The molecule has 0 radical (unpaired) electrons. The molecule has 1 nitrogen and oxygen atoms in total. The Balaban J connectivity index is 2.52. The minimum absolute atomic E-state index is 0.511. The maximum absolute atomic E-state index is 3.78. The summed E-state index contributed by atoms with van der Waals surface area (Å²) in [4.78, 5) is 0. The van der Waals surface area contributed by atoms with Crippen molar-refractivity contribution in [2.24, 2.45) is 5.92 Å². The van der Waals surface area contributed by atoms with E-state index in [1.807, 2.05) is 0 Å². The van der Waals surface area contributed by atoms with E-state index in [2.05, 4.69) is 57.3 Å². The van der Waals surface area contributed by atoms with Crippen LogP contribution >= 0.6 is 0 Å². The third-order valence-electron chi connectivity index (χ3n) is 4.39. The second kappa shape index (κ2) is 9.99. The highest BCUT2D eigenvalue weighted by atomic mass is 14.9. The second-order valence-corrected chi connectivity index (χ2v) is 5.88. The van der Waals surface area contributed by atoms with Gasteiger partial charge >= 0.3 is 0 Å². The average molecular weight is 275 g/mol.